The van der Waals surface area contributed by atoms with Crippen molar-refractivity contribution < 1.29 is 19.5 Å². The smallest absolute Gasteiger partial charge is 0.247 e. The molecule has 0 aliphatic carbocycles. The molecule has 0 aromatic heterocycles. The third-order valence-electron chi connectivity index (χ3n) is 8.07. The second kappa shape index (κ2) is 9.38. The lowest BCUT2D eigenvalue weighted by Gasteiger charge is -2.37. The van der Waals surface area contributed by atoms with Gasteiger partial charge in [-0.1, -0.05) is 54.6 Å². The molecular formula is C28H35N3O4S. The molecule has 36 heavy (non-hydrogen) atoms. The Kier molecular flexibility index (Phi) is 6.53. The number of fused-ring (bicyclic) bond motifs is 2. The molecule has 5 rings (SSSR count). The first-order valence-electron chi connectivity index (χ1n) is 12.8. The highest BCUT2D eigenvalue weighted by Gasteiger charge is 2.73. The van der Waals surface area contributed by atoms with E-state index in [0.717, 1.165) is 5.56 Å². The second-order valence-corrected chi connectivity index (χ2v) is 12.5. The second-order valence-electron chi connectivity index (χ2n) is 10.7. The Balaban J connectivity index is 1.58. The van der Waals surface area contributed by atoms with Crippen molar-refractivity contribution in [3.63, 3.8) is 0 Å². The summed E-state index contributed by atoms with van der Waals surface area (Å²) in [6.45, 7) is 7.69. The van der Waals surface area contributed by atoms with Crippen molar-refractivity contribution >= 4 is 29.5 Å². The predicted molar refractivity (Wildman–Crippen MR) is 140 cm³/mol. The Morgan fingerprint density at radius 1 is 1.00 bits per heavy atom. The summed E-state index contributed by atoms with van der Waals surface area (Å²) in [7, 11) is 0. The summed E-state index contributed by atoms with van der Waals surface area (Å²) in [5.74, 6) is -1.49. The summed E-state index contributed by atoms with van der Waals surface area (Å²) in [5.41, 5.74) is 1.04. The van der Waals surface area contributed by atoms with Crippen LogP contribution in [0.5, 0.6) is 0 Å². The molecule has 7 nitrogen and oxygen atoms in total. The molecule has 4 aliphatic heterocycles. The molecule has 0 bridgehead atoms. The van der Waals surface area contributed by atoms with Crippen molar-refractivity contribution in [2.24, 2.45) is 11.8 Å². The Bertz CT molecular complexity index is 1110. The van der Waals surface area contributed by atoms with Gasteiger partial charge in [-0.15, -0.1) is 11.8 Å². The van der Waals surface area contributed by atoms with E-state index in [4.69, 9.17) is 0 Å². The van der Waals surface area contributed by atoms with Gasteiger partial charge in [0.1, 0.15) is 6.04 Å². The summed E-state index contributed by atoms with van der Waals surface area (Å²) in [5, 5.41) is 9.53. The molecule has 192 valence electrons. The van der Waals surface area contributed by atoms with E-state index in [9.17, 15) is 19.5 Å². The molecule has 2 saturated heterocycles. The number of thioether (sulfide) groups is 1. The normalized spacial score (nSPS) is 33.6. The van der Waals surface area contributed by atoms with Crippen molar-refractivity contribution in [3.05, 3.63) is 60.2 Å². The van der Waals surface area contributed by atoms with Crippen LogP contribution < -0.4 is 0 Å². The van der Waals surface area contributed by atoms with Gasteiger partial charge in [0.25, 0.3) is 0 Å². The zero-order valence-corrected chi connectivity index (χ0v) is 22.0. The zero-order chi connectivity index (χ0) is 25.7. The van der Waals surface area contributed by atoms with Crippen molar-refractivity contribution in [2.45, 2.75) is 55.3 Å². The fourth-order valence-electron chi connectivity index (χ4n) is 6.48. The van der Waals surface area contributed by atoms with Crippen molar-refractivity contribution in [3.8, 4) is 0 Å². The number of hydrogen-bond acceptors (Lipinski definition) is 5. The topological polar surface area (TPSA) is 81.2 Å². The SMILES string of the molecule is CC(C)N1CC=C[C@]23S[C@@]4(C)C=CCN(Cc5ccccc5)C(=O)[C@H]4[C@H]2C(=O)N(CCCO)C3C1=O. The summed E-state index contributed by atoms with van der Waals surface area (Å²) in [6.07, 6.45) is 8.57. The Hall–Kier alpha value is -2.58. The molecule has 4 aliphatic rings. The number of benzene rings is 1. The van der Waals surface area contributed by atoms with E-state index in [-0.39, 0.29) is 30.4 Å². The monoisotopic (exact) mass is 509 g/mol. The van der Waals surface area contributed by atoms with Gasteiger partial charge in [-0.3, -0.25) is 14.4 Å². The van der Waals surface area contributed by atoms with Gasteiger partial charge in [-0.2, -0.15) is 0 Å². The van der Waals surface area contributed by atoms with E-state index >= 15 is 0 Å². The molecule has 0 saturated carbocycles. The van der Waals surface area contributed by atoms with Gasteiger partial charge in [-0.05, 0) is 32.8 Å². The number of aliphatic hydroxyl groups is 1. The van der Waals surface area contributed by atoms with Gasteiger partial charge in [0.2, 0.25) is 17.7 Å². The molecule has 8 heteroatoms. The molecule has 1 unspecified atom stereocenters. The highest BCUT2D eigenvalue weighted by Crippen LogP contribution is 2.65. The van der Waals surface area contributed by atoms with Gasteiger partial charge in [0.05, 0.1) is 16.6 Å². The van der Waals surface area contributed by atoms with E-state index in [1.165, 1.54) is 0 Å². The maximum Gasteiger partial charge on any atom is 0.247 e. The van der Waals surface area contributed by atoms with Gasteiger partial charge in [-0.25, -0.2) is 0 Å². The zero-order valence-electron chi connectivity index (χ0n) is 21.2. The number of amides is 3. The molecule has 0 radical (unpaired) electrons. The van der Waals surface area contributed by atoms with Crippen LogP contribution in [-0.2, 0) is 20.9 Å². The van der Waals surface area contributed by atoms with E-state index in [1.807, 2.05) is 79.1 Å². The molecule has 5 atom stereocenters. The molecule has 3 amide bonds. The van der Waals surface area contributed by atoms with Crippen LogP contribution in [0, 0.1) is 11.8 Å². The number of carbonyl (C=O) groups excluding carboxylic acids is 3. The fourth-order valence-corrected chi connectivity index (χ4v) is 8.64. The molecule has 1 aromatic carbocycles. The molecule has 1 spiro atoms. The molecule has 1 aromatic rings. The number of aliphatic hydroxyl groups excluding tert-OH is 1. The fraction of sp³-hybridized carbons (Fsp3) is 0.536. The largest absolute Gasteiger partial charge is 0.396 e. The highest BCUT2D eigenvalue weighted by molar-refractivity contribution is 8.02. The predicted octanol–water partition coefficient (Wildman–Crippen LogP) is 2.46. The summed E-state index contributed by atoms with van der Waals surface area (Å²) in [6, 6.07) is 9.19. The summed E-state index contributed by atoms with van der Waals surface area (Å²) in [4.78, 5) is 47.6. The first kappa shape index (κ1) is 25.1. The minimum absolute atomic E-state index is 0.0125. The van der Waals surface area contributed by atoms with Gasteiger partial charge < -0.3 is 19.8 Å². The maximum absolute atomic E-state index is 14.2. The average Bonchev–Trinajstić information content (AvgIpc) is 3.11. The van der Waals surface area contributed by atoms with E-state index in [2.05, 4.69) is 6.08 Å². The third-order valence-corrected chi connectivity index (χ3v) is 9.86. The van der Waals surface area contributed by atoms with Crippen LogP contribution in [0.15, 0.2) is 54.6 Å². The Morgan fingerprint density at radius 3 is 2.42 bits per heavy atom. The van der Waals surface area contributed by atoms with Crippen LogP contribution in [0.25, 0.3) is 0 Å². The summed E-state index contributed by atoms with van der Waals surface area (Å²) < 4.78 is -1.44. The van der Waals surface area contributed by atoms with E-state index < -0.39 is 27.4 Å². The third kappa shape index (κ3) is 3.80. The van der Waals surface area contributed by atoms with Crippen molar-refractivity contribution in [2.75, 3.05) is 26.2 Å². The first-order chi connectivity index (χ1) is 17.2. The maximum atomic E-state index is 14.2. The molecule has 2 fully saturated rings. The quantitative estimate of drug-likeness (QED) is 0.596. The molecule has 1 N–H and O–H groups in total. The molecule has 4 heterocycles. The van der Waals surface area contributed by atoms with Crippen molar-refractivity contribution in [1.82, 2.24) is 14.7 Å². The lowest BCUT2D eigenvalue weighted by Crippen LogP contribution is -2.54. The highest BCUT2D eigenvalue weighted by atomic mass is 32.2. The minimum Gasteiger partial charge on any atom is -0.396 e. The minimum atomic E-state index is -0.831. The van der Waals surface area contributed by atoms with E-state index in [1.54, 1.807) is 16.7 Å². The number of rotatable bonds is 6. The first-order valence-corrected chi connectivity index (χ1v) is 13.7. The average molecular weight is 510 g/mol. The molecular weight excluding hydrogens is 474 g/mol. The standard InChI is InChI=1S/C28H35N3O4S/c1-19(2)30-15-8-13-28-22(25(34)31(16-9-17-32)23(28)26(30)35)21-24(33)29(14-7-12-27(21,3)36-28)18-20-10-5-4-6-11-20/h4-8,10-13,19,21-23,32H,9,14-18H2,1-3H3/t21-,22+,23?,27+,28+/m1/s1. The lowest BCUT2D eigenvalue weighted by atomic mass is 9.74. The van der Waals surface area contributed by atoms with Gasteiger partial charge in [0.15, 0.2) is 0 Å². The van der Waals surface area contributed by atoms with Gasteiger partial charge >= 0.3 is 0 Å². The van der Waals surface area contributed by atoms with Crippen LogP contribution in [0.2, 0.25) is 0 Å². The van der Waals surface area contributed by atoms with Gasteiger partial charge in [0, 0.05) is 43.6 Å². The number of carbonyl (C=O) groups is 3. The summed E-state index contributed by atoms with van der Waals surface area (Å²) >= 11 is 1.60. The van der Waals surface area contributed by atoms with Crippen LogP contribution >= 0.6 is 11.8 Å². The number of nitrogens with zero attached hydrogens (tertiary/aromatic N) is 3. The Labute approximate surface area is 217 Å². The van der Waals surface area contributed by atoms with Crippen LogP contribution in [-0.4, -0.2) is 85.3 Å². The van der Waals surface area contributed by atoms with Crippen LogP contribution in [0.3, 0.4) is 0 Å². The number of hydrogen-bond donors (Lipinski definition) is 1. The Morgan fingerprint density at radius 2 is 1.72 bits per heavy atom. The van der Waals surface area contributed by atoms with Crippen molar-refractivity contribution in [1.29, 1.82) is 0 Å². The van der Waals surface area contributed by atoms with E-state index in [0.29, 0.717) is 32.6 Å². The lowest BCUT2D eigenvalue weighted by molar-refractivity contribution is -0.145. The van der Waals surface area contributed by atoms with Crippen LogP contribution in [0.1, 0.15) is 32.8 Å². The van der Waals surface area contributed by atoms with Crippen LogP contribution in [0.4, 0.5) is 0 Å². The number of likely N-dealkylation sites (tertiary alicyclic amines) is 1.